The highest BCUT2D eigenvalue weighted by Crippen LogP contribution is 2.38. The van der Waals surface area contributed by atoms with E-state index in [4.69, 9.17) is 5.11 Å². The molecule has 1 amide bonds. The average Bonchev–Trinajstić information content (AvgIpc) is 3.23. The third-order valence-corrected chi connectivity index (χ3v) is 4.04. The first-order valence-corrected chi connectivity index (χ1v) is 7.33. The number of likely N-dealkylation sites (tertiary alicyclic amines) is 1. The van der Waals surface area contributed by atoms with Crippen LogP contribution in [0.1, 0.15) is 10.5 Å². The minimum absolute atomic E-state index is 0.0695. The lowest BCUT2D eigenvalue weighted by atomic mass is 9.96. The number of carboxylic acid groups (broad SMARTS) is 1. The fourth-order valence-electron chi connectivity index (χ4n) is 2.79. The Labute approximate surface area is 139 Å². The summed E-state index contributed by atoms with van der Waals surface area (Å²) in [6, 6.07) is 6.14. The molecule has 25 heavy (non-hydrogen) atoms. The standard InChI is InChI=1S/C15H13F3N4O3/c16-15(17,18)10-8-21(7-9(10)14(24)25)13(23)11-3-1-4-12(20-11)22-6-2-5-19-22/h1-6,9-10H,7-8H2,(H,24,25)/t9-,10-/m1/s1. The zero-order valence-corrected chi connectivity index (χ0v) is 12.7. The molecule has 0 radical (unpaired) electrons. The van der Waals surface area contributed by atoms with Crippen LogP contribution in [0, 0.1) is 11.8 Å². The van der Waals surface area contributed by atoms with Gasteiger partial charge in [0.05, 0.1) is 11.8 Å². The molecule has 2 aromatic heterocycles. The van der Waals surface area contributed by atoms with E-state index in [9.17, 15) is 22.8 Å². The lowest BCUT2D eigenvalue weighted by Crippen LogP contribution is -2.34. The van der Waals surface area contributed by atoms with Gasteiger partial charge in [0.15, 0.2) is 5.82 Å². The van der Waals surface area contributed by atoms with Crippen LogP contribution in [0.5, 0.6) is 0 Å². The van der Waals surface area contributed by atoms with E-state index in [1.54, 1.807) is 18.3 Å². The van der Waals surface area contributed by atoms with Crippen LogP contribution >= 0.6 is 0 Å². The van der Waals surface area contributed by atoms with Crippen molar-refractivity contribution in [1.29, 1.82) is 0 Å². The molecule has 0 aliphatic carbocycles. The van der Waals surface area contributed by atoms with E-state index < -0.39 is 43.0 Å². The highest BCUT2D eigenvalue weighted by molar-refractivity contribution is 5.93. The number of carbonyl (C=O) groups is 2. The zero-order valence-electron chi connectivity index (χ0n) is 12.7. The van der Waals surface area contributed by atoms with Crippen LogP contribution in [0.3, 0.4) is 0 Å². The molecule has 0 aromatic carbocycles. The molecule has 3 heterocycles. The molecule has 0 unspecified atom stereocenters. The monoisotopic (exact) mass is 354 g/mol. The molecular formula is C15H13F3N4O3. The largest absolute Gasteiger partial charge is 0.481 e. The minimum atomic E-state index is -4.69. The SMILES string of the molecule is O=C(O)[C@@H]1CN(C(=O)c2cccc(-n3cccn3)n2)C[C@H]1C(F)(F)F. The van der Waals surface area contributed by atoms with Gasteiger partial charge in [-0.2, -0.15) is 18.3 Å². The third kappa shape index (κ3) is 3.32. The average molecular weight is 354 g/mol. The van der Waals surface area contributed by atoms with Gasteiger partial charge in [0.1, 0.15) is 5.69 Å². The summed E-state index contributed by atoms with van der Waals surface area (Å²) in [5.74, 6) is -5.76. The van der Waals surface area contributed by atoms with Crippen molar-refractivity contribution in [2.45, 2.75) is 6.18 Å². The number of hydrogen-bond donors (Lipinski definition) is 1. The Morgan fingerprint density at radius 1 is 1.20 bits per heavy atom. The normalized spacial score (nSPS) is 20.7. The van der Waals surface area contributed by atoms with Crippen LogP contribution in [-0.2, 0) is 4.79 Å². The molecule has 0 spiro atoms. The van der Waals surface area contributed by atoms with Crippen molar-refractivity contribution in [3.63, 3.8) is 0 Å². The summed E-state index contributed by atoms with van der Waals surface area (Å²) < 4.78 is 40.5. The number of carboxylic acids is 1. The van der Waals surface area contributed by atoms with Gasteiger partial charge in [0, 0.05) is 25.5 Å². The van der Waals surface area contributed by atoms with Crippen molar-refractivity contribution in [3.05, 3.63) is 42.4 Å². The van der Waals surface area contributed by atoms with Crippen molar-refractivity contribution >= 4 is 11.9 Å². The topological polar surface area (TPSA) is 88.3 Å². The second-order valence-corrected chi connectivity index (χ2v) is 5.63. The van der Waals surface area contributed by atoms with E-state index in [1.807, 2.05) is 0 Å². The smallest absolute Gasteiger partial charge is 0.394 e. The summed E-state index contributed by atoms with van der Waals surface area (Å²) >= 11 is 0. The van der Waals surface area contributed by atoms with E-state index in [0.717, 1.165) is 4.90 Å². The van der Waals surface area contributed by atoms with Crippen molar-refractivity contribution in [2.75, 3.05) is 13.1 Å². The van der Waals surface area contributed by atoms with Crippen molar-refractivity contribution in [3.8, 4) is 5.82 Å². The number of carbonyl (C=O) groups excluding carboxylic acids is 1. The Bertz CT molecular complexity index is 792. The Kier molecular flexibility index (Phi) is 4.19. The van der Waals surface area contributed by atoms with E-state index in [1.165, 1.54) is 23.0 Å². The molecule has 1 fully saturated rings. The number of pyridine rings is 1. The fraction of sp³-hybridized carbons (Fsp3) is 0.333. The van der Waals surface area contributed by atoms with Gasteiger partial charge in [0.2, 0.25) is 0 Å². The second kappa shape index (κ2) is 6.19. The van der Waals surface area contributed by atoms with Gasteiger partial charge in [-0.25, -0.2) is 9.67 Å². The molecule has 3 rings (SSSR count). The molecule has 0 saturated carbocycles. The number of hydrogen-bond acceptors (Lipinski definition) is 4. The molecule has 2 atom stereocenters. The maximum Gasteiger partial charge on any atom is 0.394 e. The zero-order chi connectivity index (χ0) is 18.2. The maximum absolute atomic E-state index is 13.0. The van der Waals surface area contributed by atoms with Gasteiger partial charge in [-0.05, 0) is 18.2 Å². The van der Waals surface area contributed by atoms with Crippen molar-refractivity contribution in [2.24, 2.45) is 11.8 Å². The van der Waals surface area contributed by atoms with E-state index in [0.29, 0.717) is 5.82 Å². The van der Waals surface area contributed by atoms with Crippen LogP contribution < -0.4 is 0 Å². The summed E-state index contributed by atoms with van der Waals surface area (Å²) in [4.78, 5) is 28.6. The second-order valence-electron chi connectivity index (χ2n) is 5.63. The van der Waals surface area contributed by atoms with Crippen LogP contribution in [0.2, 0.25) is 0 Å². The number of aromatic nitrogens is 3. The van der Waals surface area contributed by atoms with Crippen LogP contribution in [-0.4, -0.2) is 55.9 Å². The lowest BCUT2D eigenvalue weighted by Gasteiger charge is -2.18. The number of amides is 1. The summed E-state index contributed by atoms with van der Waals surface area (Å²) in [5, 5.41) is 13.0. The molecule has 1 saturated heterocycles. The number of nitrogens with zero attached hydrogens (tertiary/aromatic N) is 4. The first-order valence-electron chi connectivity index (χ1n) is 7.33. The van der Waals surface area contributed by atoms with Crippen LogP contribution in [0.25, 0.3) is 5.82 Å². The summed E-state index contributed by atoms with van der Waals surface area (Å²) in [6.45, 7) is -1.21. The Balaban J connectivity index is 1.84. The predicted molar refractivity (Wildman–Crippen MR) is 77.9 cm³/mol. The Morgan fingerprint density at radius 3 is 2.52 bits per heavy atom. The first-order chi connectivity index (χ1) is 11.8. The predicted octanol–water partition coefficient (Wildman–Crippen LogP) is 1.60. The van der Waals surface area contributed by atoms with E-state index >= 15 is 0 Å². The lowest BCUT2D eigenvalue weighted by molar-refractivity contribution is -0.187. The van der Waals surface area contributed by atoms with Gasteiger partial charge in [0.25, 0.3) is 5.91 Å². The summed E-state index contributed by atoms with van der Waals surface area (Å²) in [6.07, 6.45) is -1.57. The maximum atomic E-state index is 13.0. The molecule has 1 aliphatic heterocycles. The molecule has 0 bridgehead atoms. The minimum Gasteiger partial charge on any atom is -0.481 e. The third-order valence-electron chi connectivity index (χ3n) is 4.04. The molecular weight excluding hydrogens is 341 g/mol. The van der Waals surface area contributed by atoms with Crippen molar-refractivity contribution < 1.29 is 27.9 Å². The van der Waals surface area contributed by atoms with Gasteiger partial charge < -0.3 is 10.0 Å². The van der Waals surface area contributed by atoms with Crippen molar-refractivity contribution in [1.82, 2.24) is 19.7 Å². The molecule has 7 nitrogen and oxygen atoms in total. The van der Waals surface area contributed by atoms with E-state index in [2.05, 4.69) is 10.1 Å². The number of rotatable bonds is 3. The summed E-state index contributed by atoms with van der Waals surface area (Å²) in [5.41, 5.74) is -0.0695. The van der Waals surface area contributed by atoms with Gasteiger partial charge in [-0.1, -0.05) is 6.07 Å². The van der Waals surface area contributed by atoms with Crippen LogP contribution in [0.15, 0.2) is 36.7 Å². The highest BCUT2D eigenvalue weighted by Gasteiger charge is 2.53. The molecule has 1 aliphatic rings. The quantitative estimate of drug-likeness (QED) is 0.905. The molecule has 132 valence electrons. The van der Waals surface area contributed by atoms with Gasteiger partial charge in [-0.3, -0.25) is 9.59 Å². The van der Waals surface area contributed by atoms with Gasteiger partial charge >= 0.3 is 12.1 Å². The summed E-state index contributed by atoms with van der Waals surface area (Å²) in [7, 11) is 0. The van der Waals surface area contributed by atoms with E-state index in [-0.39, 0.29) is 5.69 Å². The molecule has 2 aromatic rings. The number of halogens is 3. The fourth-order valence-corrected chi connectivity index (χ4v) is 2.79. The van der Waals surface area contributed by atoms with Crippen LogP contribution in [0.4, 0.5) is 13.2 Å². The number of alkyl halides is 3. The first kappa shape index (κ1) is 16.9. The Hall–Kier alpha value is -2.91. The molecule has 1 N–H and O–H groups in total. The molecule has 10 heteroatoms. The van der Waals surface area contributed by atoms with Gasteiger partial charge in [-0.15, -0.1) is 0 Å². The highest BCUT2D eigenvalue weighted by atomic mass is 19.4. The Morgan fingerprint density at radius 2 is 1.96 bits per heavy atom. The number of aliphatic carboxylic acids is 1.